The molecule has 120 valence electrons. The first-order valence-electron chi connectivity index (χ1n) is 6.69. The highest BCUT2D eigenvalue weighted by molar-refractivity contribution is 5.94. The minimum atomic E-state index is -0.626. The molecule has 0 atom stereocenters. The van der Waals surface area contributed by atoms with Crippen molar-refractivity contribution in [2.45, 2.75) is 0 Å². The number of nitrogens with zero attached hydrogens (tertiary/aromatic N) is 1. The number of carbonyl (C=O) groups is 1. The maximum atomic E-state index is 13.1. The summed E-state index contributed by atoms with van der Waals surface area (Å²) in [6.45, 7) is 0.321. The van der Waals surface area contributed by atoms with Gasteiger partial charge in [-0.25, -0.2) is 8.78 Å². The number of anilines is 1. The third kappa shape index (κ3) is 4.47. The van der Waals surface area contributed by atoms with Gasteiger partial charge < -0.3 is 10.6 Å². The number of benzene rings is 2. The molecule has 0 aliphatic carbocycles. The minimum absolute atomic E-state index is 0.0334. The number of hydrogen-bond acceptors (Lipinski definition) is 4. The zero-order chi connectivity index (χ0) is 16.8. The fourth-order valence-electron chi connectivity index (χ4n) is 1.89. The average Bonchev–Trinajstić information content (AvgIpc) is 2.51. The van der Waals surface area contributed by atoms with E-state index in [-0.39, 0.29) is 24.5 Å². The Labute approximate surface area is 130 Å². The lowest BCUT2D eigenvalue weighted by molar-refractivity contribution is -0.384. The Bertz CT molecular complexity index is 720. The van der Waals surface area contributed by atoms with E-state index < -0.39 is 22.5 Å². The zero-order valence-corrected chi connectivity index (χ0v) is 11.9. The molecule has 0 unspecified atom stereocenters. The molecule has 0 saturated carbocycles. The molecule has 2 aromatic carbocycles. The van der Waals surface area contributed by atoms with Crippen LogP contribution in [-0.4, -0.2) is 23.9 Å². The summed E-state index contributed by atoms with van der Waals surface area (Å²) < 4.78 is 25.9. The Morgan fingerprint density at radius 3 is 2.35 bits per heavy atom. The number of amides is 1. The molecule has 0 heterocycles. The first-order chi connectivity index (χ1) is 11.0. The third-order valence-corrected chi connectivity index (χ3v) is 2.99. The van der Waals surface area contributed by atoms with Crippen LogP contribution >= 0.6 is 0 Å². The van der Waals surface area contributed by atoms with Crippen LogP contribution < -0.4 is 10.6 Å². The molecule has 2 N–H and O–H groups in total. The van der Waals surface area contributed by atoms with Crippen molar-refractivity contribution >= 4 is 17.3 Å². The number of halogens is 2. The zero-order valence-electron chi connectivity index (χ0n) is 11.9. The van der Waals surface area contributed by atoms with Crippen LogP contribution in [0, 0.1) is 21.7 Å². The third-order valence-electron chi connectivity index (χ3n) is 2.99. The summed E-state index contributed by atoms with van der Waals surface area (Å²) in [7, 11) is 0. The minimum Gasteiger partial charge on any atom is -0.378 e. The van der Waals surface area contributed by atoms with Crippen molar-refractivity contribution in [3.63, 3.8) is 0 Å². The van der Waals surface area contributed by atoms with Gasteiger partial charge in [0.15, 0.2) is 0 Å². The van der Waals surface area contributed by atoms with Gasteiger partial charge in [0.05, 0.1) is 4.92 Å². The maximum Gasteiger partial charge on any atom is 0.292 e. The molecule has 23 heavy (non-hydrogen) atoms. The maximum absolute atomic E-state index is 13.1. The first-order valence-corrected chi connectivity index (χ1v) is 6.69. The van der Waals surface area contributed by atoms with Gasteiger partial charge in [0.25, 0.3) is 11.6 Å². The van der Waals surface area contributed by atoms with Gasteiger partial charge in [0.2, 0.25) is 0 Å². The van der Waals surface area contributed by atoms with E-state index in [4.69, 9.17) is 0 Å². The molecule has 0 spiro atoms. The van der Waals surface area contributed by atoms with Crippen molar-refractivity contribution in [3.05, 3.63) is 69.8 Å². The van der Waals surface area contributed by atoms with Crippen LogP contribution in [0.1, 0.15) is 10.4 Å². The summed E-state index contributed by atoms with van der Waals surface area (Å²) in [5.41, 5.74) is 0.0745. The Hall–Kier alpha value is -3.03. The number of rotatable bonds is 6. The summed E-state index contributed by atoms with van der Waals surface area (Å²) in [5, 5.41) is 16.1. The van der Waals surface area contributed by atoms with Crippen molar-refractivity contribution < 1.29 is 18.5 Å². The van der Waals surface area contributed by atoms with Crippen molar-refractivity contribution in [3.8, 4) is 0 Å². The van der Waals surface area contributed by atoms with Crippen LogP contribution in [0.2, 0.25) is 0 Å². The average molecular weight is 321 g/mol. The molecule has 0 aromatic heterocycles. The van der Waals surface area contributed by atoms with E-state index in [1.54, 1.807) is 0 Å². The first kappa shape index (κ1) is 16.3. The number of carbonyl (C=O) groups excluding carboxylic acids is 1. The second kappa shape index (κ2) is 7.30. The number of nitrogens with one attached hydrogen (secondary N) is 2. The summed E-state index contributed by atoms with van der Waals surface area (Å²) in [5.74, 6) is -1.45. The lowest BCUT2D eigenvalue weighted by Crippen LogP contribution is -2.28. The standard InChI is InChI=1S/C15H13F2N3O3/c16-11-3-1-10(2-4-11)15(21)19-8-7-18-13-9-12(17)5-6-14(13)20(22)23/h1-6,9,18H,7-8H2,(H,19,21). The molecule has 0 aliphatic heterocycles. The molecule has 0 saturated heterocycles. The van der Waals surface area contributed by atoms with E-state index in [1.165, 1.54) is 24.3 Å². The Morgan fingerprint density at radius 1 is 1.04 bits per heavy atom. The van der Waals surface area contributed by atoms with Crippen LogP contribution in [-0.2, 0) is 0 Å². The quantitative estimate of drug-likeness (QED) is 0.487. The largest absolute Gasteiger partial charge is 0.378 e. The molecule has 0 fully saturated rings. The van der Waals surface area contributed by atoms with E-state index in [0.29, 0.717) is 5.56 Å². The molecule has 0 radical (unpaired) electrons. The van der Waals surface area contributed by atoms with Gasteiger partial charge in [0.1, 0.15) is 17.3 Å². The molecule has 6 nitrogen and oxygen atoms in total. The van der Waals surface area contributed by atoms with Crippen molar-refractivity contribution in [2.75, 3.05) is 18.4 Å². The van der Waals surface area contributed by atoms with Gasteiger partial charge in [-0.15, -0.1) is 0 Å². The van der Waals surface area contributed by atoms with E-state index >= 15 is 0 Å². The van der Waals surface area contributed by atoms with Crippen molar-refractivity contribution in [1.29, 1.82) is 0 Å². The lowest BCUT2D eigenvalue weighted by Gasteiger charge is -2.08. The fraction of sp³-hybridized carbons (Fsp3) is 0.133. The number of nitro benzene ring substituents is 1. The molecule has 0 bridgehead atoms. The molecule has 2 rings (SSSR count). The van der Waals surface area contributed by atoms with Crippen LogP contribution in [0.15, 0.2) is 42.5 Å². The molecule has 1 amide bonds. The topological polar surface area (TPSA) is 84.3 Å². The smallest absolute Gasteiger partial charge is 0.292 e. The lowest BCUT2D eigenvalue weighted by atomic mass is 10.2. The summed E-state index contributed by atoms with van der Waals surface area (Å²) in [6, 6.07) is 8.10. The second-order valence-corrected chi connectivity index (χ2v) is 4.61. The van der Waals surface area contributed by atoms with Gasteiger partial charge in [-0.05, 0) is 30.3 Å². The summed E-state index contributed by atoms with van der Waals surface area (Å²) >= 11 is 0. The van der Waals surface area contributed by atoms with Crippen molar-refractivity contribution in [2.24, 2.45) is 0 Å². The predicted octanol–water partition coefficient (Wildman–Crippen LogP) is 2.71. The van der Waals surface area contributed by atoms with E-state index in [0.717, 1.165) is 18.2 Å². The SMILES string of the molecule is O=C(NCCNc1cc(F)ccc1[N+](=O)[O-])c1ccc(F)cc1. The van der Waals surface area contributed by atoms with Crippen LogP contribution in [0.5, 0.6) is 0 Å². The fourth-order valence-corrected chi connectivity index (χ4v) is 1.89. The molecular formula is C15H13F2N3O3. The van der Waals surface area contributed by atoms with Crippen LogP contribution in [0.25, 0.3) is 0 Å². The van der Waals surface area contributed by atoms with E-state index in [2.05, 4.69) is 10.6 Å². The Kier molecular flexibility index (Phi) is 5.19. The molecule has 0 aliphatic rings. The van der Waals surface area contributed by atoms with Crippen LogP contribution in [0.4, 0.5) is 20.2 Å². The normalized spacial score (nSPS) is 10.2. The summed E-state index contributed by atoms with van der Waals surface area (Å²) in [6.07, 6.45) is 0. The predicted molar refractivity (Wildman–Crippen MR) is 80.3 cm³/mol. The van der Waals surface area contributed by atoms with Gasteiger partial charge >= 0.3 is 0 Å². The molecule has 2 aromatic rings. The highest BCUT2D eigenvalue weighted by Crippen LogP contribution is 2.24. The van der Waals surface area contributed by atoms with E-state index in [9.17, 15) is 23.7 Å². The van der Waals surface area contributed by atoms with E-state index in [1.807, 2.05) is 0 Å². The molecular weight excluding hydrogens is 308 g/mol. The Balaban J connectivity index is 1.88. The van der Waals surface area contributed by atoms with Gasteiger partial charge in [-0.3, -0.25) is 14.9 Å². The highest BCUT2D eigenvalue weighted by atomic mass is 19.1. The summed E-state index contributed by atoms with van der Waals surface area (Å²) in [4.78, 5) is 22.0. The second-order valence-electron chi connectivity index (χ2n) is 4.61. The van der Waals surface area contributed by atoms with Crippen molar-refractivity contribution in [1.82, 2.24) is 5.32 Å². The number of hydrogen-bond donors (Lipinski definition) is 2. The van der Waals surface area contributed by atoms with Gasteiger partial charge in [-0.1, -0.05) is 0 Å². The van der Waals surface area contributed by atoms with Gasteiger partial charge in [0, 0.05) is 30.8 Å². The number of nitro groups is 1. The molecule has 8 heteroatoms. The highest BCUT2D eigenvalue weighted by Gasteiger charge is 2.14. The Morgan fingerprint density at radius 2 is 1.70 bits per heavy atom. The monoisotopic (exact) mass is 321 g/mol. The van der Waals surface area contributed by atoms with Crippen LogP contribution in [0.3, 0.4) is 0 Å². The van der Waals surface area contributed by atoms with Gasteiger partial charge in [-0.2, -0.15) is 0 Å².